The number of hydrogen-bond acceptors (Lipinski definition) is 2. The van der Waals surface area contributed by atoms with Gasteiger partial charge in [-0.05, 0) is 0 Å². The number of halogens is 1. The number of nitrogens with zero attached hydrogens (tertiary/aromatic N) is 2. The third-order valence-corrected chi connectivity index (χ3v) is 1.01. The fourth-order valence-corrected chi connectivity index (χ4v) is 0.511. The summed E-state index contributed by atoms with van der Waals surface area (Å²) in [4.78, 5) is 7.55. The van der Waals surface area contributed by atoms with Crippen LogP contribution in [0.1, 0.15) is 6.42 Å². The minimum atomic E-state index is 0.662. The molecule has 1 aliphatic heterocycles. The fourth-order valence-electron chi connectivity index (χ4n) is 0.383. The van der Waals surface area contributed by atoms with Crippen LogP contribution in [0, 0.1) is 0 Å². The second kappa shape index (κ2) is 2.07. The van der Waals surface area contributed by atoms with E-state index in [2.05, 4.69) is 9.98 Å². The van der Waals surface area contributed by atoms with Crippen molar-refractivity contribution in [2.24, 2.45) is 9.98 Å². The summed E-state index contributed by atoms with van der Waals surface area (Å²) >= 11 is 5.48. The molecule has 2 nitrogen and oxygen atoms in total. The minimum Gasteiger partial charge on any atom is -0.273 e. The van der Waals surface area contributed by atoms with Crippen molar-refractivity contribution in [3.63, 3.8) is 0 Å². The van der Waals surface area contributed by atoms with Gasteiger partial charge in [-0.25, -0.2) is 4.99 Å². The molecule has 0 saturated heterocycles. The van der Waals surface area contributed by atoms with E-state index in [1.54, 1.807) is 0 Å². The Hall–Kier alpha value is -0.370. The Morgan fingerprint density at radius 2 is 2.57 bits per heavy atom. The highest BCUT2D eigenvalue weighted by Gasteiger charge is 1.93. The van der Waals surface area contributed by atoms with Crippen molar-refractivity contribution in [3.8, 4) is 0 Å². The largest absolute Gasteiger partial charge is 0.273 e. The van der Waals surface area contributed by atoms with Gasteiger partial charge in [0.15, 0.2) is 0 Å². The summed E-state index contributed by atoms with van der Waals surface area (Å²) in [6.45, 7) is 0.794. The summed E-state index contributed by atoms with van der Waals surface area (Å²) < 4.78 is 0. The van der Waals surface area contributed by atoms with Crippen LogP contribution in [-0.2, 0) is 0 Å². The van der Waals surface area contributed by atoms with Crippen LogP contribution < -0.4 is 0 Å². The first-order chi connectivity index (χ1) is 3.39. The molecule has 0 aromatic rings. The van der Waals surface area contributed by atoms with Crippen LogP contribution in [0.2, 0.25) is 0 Å². The van der Waals surface area contributed by atoms with Crippen molar-refractivity contribution in [1.82, 2.24) is 0 Å². The summed E-state index contributed by atoms with van der Waals surface area (Å²) in [6.07, 6.45) is 2.30. The molecule has 0 aromatic carbocycles. The Kier molecular flexibility index (Phi) is 1.42. The molecule has 0 aromatic heterocycles. The standard InChI is InChI=1S/C4H5ClN2/c5-4-1-2-6-3-7-4/h3H,1-2H2. The molecule has 1 aliphatic rings. The molecule has 0 bridgehead atoms. The first kappa shape index (κ1) is 4.78. The van der Waals surface area contributed by atoms with Gasteiger partial charge in [-0.2, -0.15) is 0 Å². The van der Waals surface area contributed by atoms with E-state index in [0.29, 0.717) is 5.17 Å². The molecule has 7 heavy (non-hydrogen) atoms. The highest BCUT2D eigenvalue weighted by Crippen LogP contribution is 1.96. The van der Waals surface area contributed by atoms with Gasteiger partial charge in [-0.3, -0.25) is 4.99 Å². The second-order valence-electron chi connectivity index (χ2n) is 1.28. The molecule has 0 saturated carbocycles. The van der Waals surface area contributed by atoms with E-state index in [1.807, 2.05) is 0 Å². The molecule has 38 valence electrons. The Labute approximate surface area is 46.9 Å². The zero-order valence-electron chi connectivity index (χ0n) is 3.76. The molecule has 0 amide bonds. The lowest BCUT2D eigenvalue weighted by Gasteiger charge is -1.95. The Morgan fingerprint density at radius 3 is 2.86 bits per heavy atom. The van der Waals surface area contributed by atoms with E-state index in [-0.39, 0.29) is 0 Å². The zero-order valence-corrected chi connectivity index (χ0v) is 4.52. The van der Waals surface area contributed by atoms with Crippen molar-refractivity contribution >= 4 is 23.1 Å². The van der Waals surface area contributed by atoms with Gasteiger partial charge in [0.2, 0.25) is 0 Å². The van der Waals surface area contributed by atoms with Crippen LogP contribution >= 0.6 is 11.6 Å². The van der Waals surface area contributed by atoms with Crippen molar-refractivity contribution in [1.29, 1.82) is 0 Å². The van der Waals surface area contributed by atoms with Crippen molar-refractivity contribution in [3.05, 3.63) is 0 Å². The average Bonchev–Trinajstić information content (AvgIpc) is 1.69. The minimum absolute atomic E-state index is 0.662. The molecule has 0 fully saturated rings. The average molecular weight is 117 g/mol. The SMILES string of the molecule is ClC1=NC=NCC1. The molecule has 0 spiro atoms. The Morgan fingerprint density at radius 1 is 1.71 bits per heavy atom. The van der Waals surface area contributed by atoms with Gasteiger partial charge in [-0.15, -0.1) is 0 Å². The lowest BCUT2D eigenvalue weighted by molar-refractivity contribution is 1.04. The van der Waals surface area contributed by atoms with E-state index in [0.717, 1.165) is 13.0 Å². The van der Waals surface area contributed by atoms with Gasteiger partial charge >= 0.3 is 0 Å². The van der Waals surface area contributed by atoms with Crippen LogP contribution in [-0.4, -0.2) is 18.1 Å². The topological polar surface area (TPSA) is 24.7 Å². The molecule has 0 radical (unpaired) electrons. The zero-order chi connectivity index (χ0) is 5.11. The molecule has 0 aliphatic carbocycles. The lowest BCUT2D eigenvalue weighted by atomic mass is 10.4. The molecule has 1 heterocycles. The van der Waals surface area contributed by atoms with Gasteiger partial charge in [0.1, 0.15) is 11.5 Å². The normalized spacial score (nSPS) is 19.3. The highest BCUT2D eigenvalue weighted by molar-refractivity contribution is 6.66. The Bertz CT molecular complexity index is 117. The van der Waals surface area contributed by atoms with Crippen molar-refractivity contribution in [2.45, 2.75) is 6.42 Å². The quantitative estimate of drug-likeness (QED) is 0.452. The molecule has 0 unspecified atom stereocenters. The van der Waals surface area contributed by atoms with E-state index in [4.69, 9.17) is 11.6 Å². The second-order valence-corrected chi connectivity index (χ2v) is 1.71. The van der Waals surface area contributed by atoms with Crippen LogP contribution in [0.15, 0.2) is 9.98 Å². The lowest BCUT2D eigenvalue weighted by Crippen LogP contribution is -1.96. The molecular formula is C4H5ClN2. The number of hydrogen-bond donors (Lipinski definition) is 0. The van der Waals surface area contributed by atoms with Crippen LogP contribution in [0.25, 0.3) is 0 Å². The van der Waals surface area contributed by atoms with E-state index < -0.39 is 0 Å². The van der Waals surface area contributed by atoms with E-state index in [1.165, 1.54) is 6.34 Å². The van der Waals surface area contributed by atoms with E-state index in [9.17, 15) is 0 Å². The summed E-state index contributed by atoms with van der Waals surface area (Å²) in [7, 11) is 0. The predicted molar refractivity (Wildman–Crippen MR) is 31.3 cm³/mol. The maximum Gasteiger partial charge on any atom is 0.111 e. The number of aliphatic imine (C=N–C) groups is 2. The van der Waals surface area contributed by atoms with Gasteiger partial charge < -0.3 is 0 Å². The first-order valence-electron chi connectivity index (χ1n) is 2.10. The molecule has 3 heteroatoms. The molecule has 1 rings (SSSR count). The third-order valence-electron chi connectivity index (χ3n) is 0.727. The molecule has 0 atom stereocenters. The molecule has 0 N–H and O–H groups in total. The van der Waals surface area contributed by atoms with Gasteiger partial charge in [0.05, 0.1) is 0 Å². The van der Waals surface area contributed by atoms with Gasteiger partial charge in [0, 0.05) is 13.0 Å². The van der Waals surface area contributed by atoms with Gasteiger partial charge in [-0.1, -0.05) is 11.6 Å². The summed E-state index contributed by atoms with van der Waals surface area (Å²) in [5.41, 5.74) is 0. The maximum atomic E-state index is 5.48. The van der Waals surface area contributed by atoms with E-state index >= 15 is 0 Å². The monoisotopic (exact) mass is 116 g/mol. The van der Waals surface area contributed by atoms with Crippen LogP contribution in [0.5, 0.6) is 0 Å². The van der Waals surface area contributed by atoms with Gasteiger partial charge in [0.25, 0.3) is 0 Å². The van der Waals surface area contributed by atoms with Crippen molar-refractivity contribution < 1.29 is 0 Å². The fraction of sp³-hybridized carbons (Fsp3) is 0.500. The van der Waals surface area contributed by atoms with Crippen LogP contribution in [0.3, 0.4) is 0 Å². The predicted octanol–water partition coefficient (Wildman–Crippen LogP) is 1.06. The number of rotatable bonds is 0. The summed E-state index contributed by atoms with van der Waals surface area (Å²) in [6, 6.07) is 0. The van der Waals surface area contributed by atoms with Crippen LogP contribution in [0.4, 0.5) is 0 Å². The van der Waals surface area contributed by atoms with Crippen molar-refractivity contribution in [2.75, 3.05) is 6.54 Å². The Balaban J connectivity index is 2.57. The summed E-state index contributed by atoms with van der Waals surface area (Å²) in [5.74, 6) is 0. The highest BCUT2D eigenvalue weighted by atomic mass is 35.5. The first-order valence-corrected chi connectivity index (χ1v) is 2.48. The summed E-state index contributed by atoms with van der Waals surface area (Å²) in [5, 5.41) is 0.662. The smallest absolute Gasteiger partial charge is 0.111 e. The maximum absolute atomic E-state index is 5.48. The molecular weight excluding hydrogens is 112 g/mol. The third kappa shape index (κ3) is 1.27.